The minimum atomic E-state index is -0.482. The highest BCUT2D eigenvalue weighted by Crippen LogP contribution is 2.65. The van der Waals surface area contributed by atoms with Crippen molar-refractivity contribution in [3.05, 3.63) is 231 Å². The van der Waals surface area contributed by atoms with Gasteiger partial charge in [0, 0.05) is 11.1 Å². The normalized spacial score (nSPS) is 18.4. The summed E-state index contributed by atoms with van der Waals surface area (Å²) in [5.41, 5.74) is 21.1. The van der Waals surface area contributed by atoms with Gasteiger partial charge in [-0.2, -0.15) is 0 Å². The first-order valence-electron chi connectivity index (χ1n) is 18.5. The smallest absolute Gasteiger partial charge is 0.193 e. The zero-order valence-electron chi connectivity index (χ0n) is 28.5. The van der Waals surface area contributed by atoms with Gasteiger partial charge in [0.15, 0.2) is 5.78 Å². The molecular weight excluding hydrogens is 629 g/mol. The van der Waals surface area contributed by atoms with Gasteiger partial charge in [0.25, 0.3) is 0 Å². The zero-order chi connectivity index (χ0) is 34.2. The lowest BCUT2D eigenvalue weighted by atomic mass is 9.68. The van der Waals surface area contributed by atoms with Crippen molar-refractivity contribution < 1.29 is 4.79 Å². The molecule has 0 aliphatic heterocycles. The first-order chi connectivity index (χ1) is 25.7. The standard InChI is InChI=1S/C51H32O/c52-49(31-25-27-39-37-17-5-11-23-45(37)50(47(39)29-31)41-19-7-1-13-33(41)34-14-2-8-20-42(34)50)32-26-28-40-38-18-6-12-24-46(38)51(48(40)30-32)43-21-9-3-15-35(43)36-16-4-10-22-44(36)51/h1-9,11-21,23-30H,10,22H2. The summed E-state index contributed by atoms with van der Waals surface area (Å²) in [7, 11) is 0. The molecule has 0 fully saturated rings. The second-order valence-electron chi connectivity index (χ2n) is 14.9. The summed E-state index contributed by atoms with van der Waals surface area (Å²) in [6.07, 6.45) is 6.68. The number of fused-ring (bicyclic) bond motifs is 19. The summed E-state index contributed by atoms with van der Waals surface area (Å²) >= 11 is 0. The Labute approximate surface area is 303 Å². The van der Waals surface area contributed by atoms with Crippen LogP contribution in [0.1, 0.15) is 73.3 Å². The lowest BCUT2D eigenvalue weighted by molar-refractivity contribution is 0.103. The number of ketones is 1. The highest BCUT2D eigenvalue weighted by atomic mass is 16.1. The number of rotatable bonds is 2. The quantitative estimate of drug-likeness (QED) is 0.169. The average Bonchev–Trinajstić information content (AvgIpc) is 3.89. The Morgan fingerprint density at radius 1 is 0.404 bits per heavy atom. The van der Waals surface area contributed by atoms with Crippen LogP contribution in [-0.2, 0) is 10.8 Å². The van der Waals surface area contributed by atoms with Crippen LogP contribution in [0.4, 0.5) is 0 Å². The molecule has 0 radical (unpaired) electrons. The molecule has 52 heavy (non-hydrogen) atoms. The van der Waals surface area contributed by atoms with E-state index in [1.165, 1.54) is 89.0 Å². The van der Waals surface area contributed by atoms with Gasteiger partial charge in [-0.25, -0.2) is 0 Å². The summed E-state index contributed by atoms with van der Waals surface area (Å²) < 4.78 is 0. The average molecular weight is 661 g/mol. The van der Waals surface area contributed by atoms with Gasteiger partial charge < -0.3 is 0 Å². The molecule has 1 nitrogen and oxygen atoms in total. The minimum Gasteiger partial charge on any atom is -0.289 e. The fourth-order valence-electron chi connectivity index (χ4n) is 11.0. The van der Waals surface area contributed by atoms with Crippen LogP contribution in [0, 0.1) is 0 Å². The van der Waals surface area contributed by atoms with E-state index in [9.17, 15) is 4.79 Å². The number of allylic oxidation sites excluding steroid dienone is 4. The molecule has 2 spiro atoms. The lowest BCUT2D eigenvalue weighted by Gasteiger charge is -2.33. The molecule has 0 N–H and O–H groups in total. The summed E-state index contributed by atoms with van der Waals surface area (Å²) in [6.45, 7) is 0. The van der Waals surface area contributed by atoms with Gasteiger partial charge in [-0.15, -0.1) is 0 Å². The Morgan fingerprint density at radius 2 is 0.788 bits per heavy atom. The van der Waals surface area contributed by atoms with E-state index in [0.29, 0.717) is 0 Å². The Balaban J connectivity index is 1.07. The molecule has 1 atom stereocenters. The molecule has 5 aliphatic carbocycles. The molecule has 5 aliphatic rings. The van der Waals surface area contributed by atoms with Gasteiger partial charge in [-0.1, -0.05) is 158 Å². The molecule has 1 heteroatoms. The van der Waals surface area contributed by atoms with E-state index in [2.05, 4.69) is 170 Å². The molecule has 0 saturated carbocycles. The van der Waals surface area contributed by atoms with Crippen molar-refractivity contribution in [3.8, 4) is 33.4 Å². The van der Waals surface area contributed by atoms with Crippen molar-refractivity contribution in [2.45, 2.75) is 23.7 Å². The van der Waals surface area contributed by atoms with Crippen LogP contribution in [0.3, 0.4) is 0 Å². The largest absolute Gasteiger partial charge is 0.289 e. The first kappa shape index (κ1) is 28.4. The van der Waals surface area contributed by atoms with Crippen molar-refractivity contribution in [1.29, 1.82) is 0 Å². The summed E-state index contributed by atoms with van der Waals surface area (Å²) in [6, 6.07) is 57.3. The molecule has 0 amide bonds. The van der Waals surface area contributed by atoms with Gasteiger partial charge >= 0.3 is 0 Å². The van der Waals surface area contributed by atoms with E-state index in [0.717, 1.165) is 24.0 Å². The lowest BCUT2D eigenvalue weighted by Crippen LogP contribution is -2.28. The third-order valence-electron chi connectivity index (χ3n) is 12.8. The number of hydrogen-bond donors (Lipinski definition) is 0. The first-order valence-corrected chi connectivity index (χ1v) is 18.5. The fraction of sp³-hybridized carbons (Fsp3) is 0.0784. The van der Waals surface area contributed by atoms with Gasteiger partial charge in [-0.05, 0) is 114 Å². The van der Waals surface area contributed by atoms with Crippen molar-refractivity contribution in [2.75, 3.05) is 0 Å². The molecule has 7 aromatic carbocycles. The van der Waals surface area contributed by atoms with Crippen LogP contribution >= 0.6 is 0 Å². The maximum absolute atomic E-state index is 15.0. The molecule has 0 heterocycles. The maximum atomic E-state index is 15.0. The number of carbonyl (C=O) groups excluding carboxylic acids is 1. The molecule has 1 unspecified atom stereocenters. The molecule has 0 saturated heterocycles. The molecule has 0 bridgehead atoms. The third-order valence-corrected chi connectivity index (χ3v) is 12.8. The van der Waals surface area contributed by atoms with Crippen LogP contribution < -0.4 is 0 Å². The molecule has 12 rings (SSSR count). The Morgan fingerprint density at radius 3 is 1.29 bits per heavy atom. The second-order valence-corrected chi connectivity index (χ2v) is 14.9. The highest BCUT2D eigenvalue weighted by Gasteiger charge is 2.54. The van der Waals surface area contributed by atoms with Gasteiger partial charge in [0.05, 0.1) is 10.8 Å². The van der Waals surface area contributed by atoms with Crippen molar-refractivity contribution >= 4 is 11.4 Å². The fourth-order valence-corrected chi connectivity index (χ4v) is 11.0. The topological polar surface area (TPSA) is 17.1 Å². The van der Waals surface area contributed by atoms with Crippen LogP contribution in [0.2, 0.25) is 0 Å². The molecule has 242 valence electrons. The van der Waals surface area contributed by atoms with E-state index >= 15 is 0 Å². The Kier molecular flexibility index (Phi) is 5.42. The molecule has 0 aromatic heterocycles. The van der Waals surface area contributed by atoms with Crippen LogP contribution in [0.5, 0.6) is 0 Å². The maximum Gasteiger partial charge on any atom is 0.193 e. The third kappa shape index (κ3) is 3.20. The van der Waals surface area contributed by atoms with Crippen LogP contribution in [0.25, 0.3) is 39.0 Å². The Bertz CT molecular complexity index is 2760. The zero-order valence-corrected chi connectivity index (χ0v) is 28.5. The minimum absolute atomic E-state index is 0.0615. The van der Waals surface area contributed by atoms with Gasteiger partial charge in [-0.3, -0.25) is 4.79 Å². The number of hydrogen-bond acceptors (Lipinski definition) is 1. The monoisotopic (exact) mass is 660 g/mol. The number of benzene rings is 7. The summed E-state index contributed by atoms with van der Waals surface area (Å²) in [5, 5.41) is 0. The molecule has 7 aromatic rings. The van der Waals surface area contributed by atoms with Gasteiger partial charge in [0.1, 0.15) is 0 Å². The van der Waals surface area contributed by atoms with Crippen LogP contribution in [0.15, 0.2) is 175 Å². The number of carbonyl (C=O) groups is 1. The van der Waals surface area contributed by atoms with Crippen LogP contribution in [-0.4, -0.2) is 5.78 Å². The van der Waals surface area contributed by atoms with Gasteiger partial charge in [0.2, 0.25) is 0 Å². The second kappa shape index (κ2) is 9.93. The summed E-state index contributed by atoms with van der Waals surface area (Å²) in [4.78, 5) is 15.0. The van der Waals surface area contributed by atoms with E-state index < -0.39 is 10.8 Å². The van der Waals surface area contributed by atoms with E-state index in [4.69, 9.17) is 0 Å². The summed E-state index contributed by atoms with van der Waals surface area (Å²) in [5.74, 6) is 0.0615. The molecular formula is C51H32O. The van der Waals surface area contributed by atoms with E-state index in [1.54, 1.807) is 0 Å². The predicted octanol–water partition coefficient (Wildman–Crippen LogP) is 11.7. The van der Waals surface area contributed by atoms with E-state index in [-0.39, 0.29) is 5.78 Å². The predicted molar refractivity (Wildman–Crippen MR) is 210 cm³/mol. The highest BCUT2D eigenvalue weighted by molar-refractivity contribution is 6.11. The van der Waals surface area contributed by atoms with Crippen molar-refractivity contribution in [1.82, 2.24) is 0 Å². The Hall–Kier alpha value is -6.31. The van der Waals surface area contributed by atoms with Crippen molar-refractivity contribution in [3.63, 3.8) is 0 Å². The van der Waals surface area contributed by atoms with Crippen molar-refractivity contribution in [2.24, 2.45) is 0 Å². The van der Waals surface area contributed by atoms with E-state index in [1.807, 2.05) is 0 Å². The SMILES string of the molecule is O=C(c1ccc2c(c1)C1(C3=C(C=CCC3)c3ccccc31)c1ccccc1-2)c1ccc2c(c1)C1(c3ccccc3-c3ccccc31)c1ccccc1-2.